The van der Waals surface area contributed by atoms with Crippen molar-refractivity contribution < 1.29 is 28.6 Å². The molecule has 0 aromatic heterocycles. The number of anilines is 2. The highest BCUT2D eigenvalue weighted by atomic mass is 16.4. The molecule has 6 aliphatic rings. The van der Waals surface area contributed by atoms with Crippen molar-refractivity contribution in [3.05, 3.63) is 202 Å². The van der Waals surface area contributed by atoms with Gasteiger partial charge in [-0.3, -0.25) is 14.4 Å². The van der Waals surface area contributed by atoms with Crippen molar-refractivity contribution in [2.24, 2.45) is 0 Å². The lowest BCUT2D eigenvalue weighted by atomic mass is 9.81. The van der Waals surface area contributed by atoms with Crippen molar-refractivity contribution in [2.45, 2.75) is 173 Å². The van der Waals surface area contributed by atoms with E-state index in [9.17, 15) is 19.5 Å². The zero-order valence-corrected chi connectivity index (χ0v) is 52.9. The van der Waals surface area contributed by atoms with E-state index in [1.54, 1.807) is 0 Å². The quantitative estimate of drug-likeness (QED) is 0.0373. The molecule has 0 unspecified atom stereocenters. The van der Waals surface area contributed by atoms with Gasteiger partial charge in [0.05, 0.1) is 23.7 Å². The maximum Gasteiger partial charge on any atom is 0.305 e. The second-order valence-corrected chi connectivity index (χ2v) is 26.7. The Morgan fingerprint density at radius 1 is 0.581 bits per heavy atom. The first-order valence-electron chi connectivity index (χ1n) is 31.8. The number of carbonyl (C=O) groups excluding carboxylic acids is 2. The molecule has 11 heteroatoms. The van der Waals surface area contributed by atoms with Gasteiger partial charge in [0.1, 0.15) is 7.05 Å². The average molecular weight is 1160 g/mol. The number of benzene rings is 4. The highest BCUT2D eigenvalue weighted by Gasteiger charge is 2.46. The minimum atomic E-state index is -0.814. The predicted molar refractivity (Wildman–Crippen MR) is 352 cm³/mol. The molecule has 0 radical (unpaired) electrons. The number of allylic oxidation sites excluding steroid dienone is 13. The third-order valence-corrected chi connectivity index (χ3v) is 19.6. The second-order valence-electron chi connectivity index (χ2n) is 26.7. The Balaban J connectivity index is 0.704. The molecule has 450 valence electrons. The Kier molecular flexibility index (Phi) is 18.3. The molecular weight excluding hydrogens is 1060 g/mol. The number of amides is 2. The number of fused-ring (bicyclic) bond motifs is 4. The third kappa shape index (κ3) is 12.6. The fourth-order valence-electron chi connectivity index (χ4n) is 14.8. The highest BCUT2D eigenvalue weighted by molar-refractivity contribution is 6.04. The molecule has 4 aromatic carbocycles. The predicted octanol–water partition coefficient (Wildman–Crippen LogP) is 14.4. The summed E-state index contributed by atoms with van der Waals surface area (Å²) in [6.07, 6.45) is 30.1. The number of nitrogens with zero attached hydrogens (tertiary/aromatic N) is 4. The van der Waals surface area contributed by atoms with Crippen molar-refractivity contribution in [3.63, 3.8) is 0 Å². The Morgan fingerprint density at radius 3 is 1.83 bits per heavy atom. The summed E-state index contributed by atoms with van der Waals surface area (Å²) in [7, 11) is 4.38. The lowest BCUT2D eigenvalue weighted by Crippen LogP contribution is -2.44. The van der Waals surface area contributed by atoms with Crippen molar-refractivity contribution >= 4 is 52.0 Å². The zero-order valence-electron chi connectivity index (χ0n) is 52.9. The number of unbranched alkanes of at least 4 members (excludes halogenated alkanes) is 2. The van der Waals surface area contributed by atoms with Crippen molar-refractivity contribution in [2.75, 3.05) is 43.5 Å². The Bertz CT molecular complexity index is 3550. The summed E-state index contributed by atoms with van der Waals surface area (Å²) in [4.78, 5) is 43.1. The molecule has 2 aliphatic carbocycles. The summed E-state index contributed by atoms with van der Waals surface area (Å²) >= 11 is 0. The Labute approximate surface area is 512 Å². The van der Waals surface area contributed by atoms with Gasteiger partial charge >= 0.3 is 5.97 Å². The van der Waals surface area contributed by atoms with Gasteiger partial charge in [-0.2, -0.15) is 9.15 Å². The molecule has 1 fully saturated rings. The molecule has 11 nitrogen and oxygen atoms in total. The van der Waals surface area contributed by atoms with Crippen LogP contribution in [0.2, 0.25) is 0 Å². The van der Waals surface area contributed by atoms with Crippen LogP contribution in [0.1, 0.15) is 161 Å². The van der Waals surface area contributed by atoms with Crippen LogP contribution >= 0.6 is 0 Å². The molecule has 10 rings (SSSR count). The summed E-state index contributed by atoms with van der Waals surface area (Å²) in [5, 5.41) is 20.2. The van der Waals surface area contributed by atoms with Gasteiger partial charge in [0.15, 0.2) is 18.0 Å². The number of hydrogen-bond acceptors (Lipinski definition) is 6. The van der Waals surface area contributed by atoms with Crippen molar-refractivity contribution in [1.29, 1.82) is 0 Å². The van der Waals surface area contributed by atoms with E-state index in [2.05, 4.69) is 232 Å². The van der Waals surface area contributed by atoms with Crippen molar-refractivity contribution in [3.8, 4) is 0 Å². The van der Waals surface area contributed by atoms with Gasteiger partial charge in [0.2, 0.25) is 23.2 Å². The molecule has 0 spiro atoms. The molecular formula is C75H93N7O4+2. The molecule has 4 aliphatic heterocycles. The number of carboxylic acid groups (broad SMARTS) is 1. The number of nitrogens with one attached hydrogen (secondary N) is 3. The van der Waals surface area contributed by atoms with E-state index < -0.39 is 5.97 Å². The number of para-hydroxylation sites is 4. The lowest BCUT2D eigenvalue weighted by Gasteiger charge is -2.29. The molecule has 0 saturated heterocycles. The Hall–Kier alpha value is -7.79. The SMILES string of the molecule is CN1/C(=C/C=C2\CCCC(/C=C/C3=[N+](C)c4ccccc4C3(C)C)=C2NCCCCCC(=O)N[C@H]2CC[C@H](NC(=O)CC[N+]3=C(/C=C/C=C/C=C4/N(CCC(=O)O)c5ccccc5C4(C)C)C(C)(C)c4ccccc43)CC2)C(C)(C)c2ccccc21. The monoisotopic (exact) mass is 1160 g/mol. The number of carboxylic acids is 1. The molecule has 4 aromatic rings. The first-order valence-corrected chi connectivity index (χ1v) is 31.8. The van der Waals surface area contributed by atoms with Crippen LogP contribution in [-0.2, 0) is 36.0 Å². The van der Waals surface area contributed by atoms with Crippen LogP contribution < -0.4 is 25.8 Å². The van der Waals surface area contributed by atoms with Gasteiger partial charge < -0.3 is 30.9 Å². The molecule has 4 heterocycles. The Morgan fingerprint density at radius 2 is 1.16 bits per heavy atom. The number of hydrogen-bond donors (Lipinski definition) is 4. The van der Waals surface area contributed by atoms with Crippen LogP contribution in [0.4, 0.5) is 22.7 Å². The third-order valence-electron chi connectivity index (χ3n) is 19.6. The number of carbonyl (C=O) groups is 3. The summed E-state index contributed by atoms with van der Waals surface area (Å²) in [5.74, 6) is -0.642. The van der Waals surface area contributed by atoms with Gasteiger partial charge in [-0.15, -0.1) is 0 Å². The summed E-state index contributed by atoms with van der Waals surface area (Å²) < 4.78 is 4.65. The van der Waals surface area contributed by atoms with Crippen molar-refractivity contribution in [1.82, 2.24) is 16.0 Å². The molecule has 2 amide bonds. The van der Waals surface area contributed by atoms with E-state index in [0.29, 0.717) is 25.9 Å². The largest absolute Gasteiger partial charge is 0.481 e. The van der Waals surface area contributed by atoms with E-state index in [-0.39, 0.29) is 52.0 Å². The smallest absolute Gasteiger partial charge is 0.305 e. The van der Waals surface area contributed by atoms with E-state index in [1.807, 2.05) is 24.3 Å². The molecule has 86 heavy (non-hydrogen) atoms. The van der Waals surface area contributed by atoms with Gasteiger partial charge in [-0.25, -0.2) is 0 Å². The van der Waals surface area contributed by atoms with Gasteiger partial charge in [-0.05, 0) is 132 Å². The van der Waals surface area contributed by atoms with Crippen LogP contribution in [0.3, 0.4) is 0 Å². The maximum atomic E-state index is 13.7. The first-order chi connectivity index (χ1) is 41.2. The number of aliphatic carboxylic acids is 1. The fraction of sp³-hybridized carbons (Fsp3) is 0.427. The molecule has 1 saturated carbocycles. The fourth-order valence-corrected chi connectivity index (χ4v) is 14.8. The molecule has 0 atom stereocenters. The minimum Gasteiger partial charge on any atom is -0.481 e. The minimum absolute atomic E-state index is 0.0484. The van der Waals surface area contributed by atoms with Crippen LogP contribution in [0, 0.1) is 0 Å². The highest BCUT2D eigenvalue weighted by Crippen LogP contribution is 2.49. The number of rotatable bonds is 21. The van der Waals surface area contributed by atoms with Crippen LogP contribution in [0.15, 0.2) is 180 Å². The standard InChI is InChI=1S/C75H91N7O4/c1-72(2)56-28-16-20-32-60(56)79(9)64(72)45-39-52-26-25-27-53(40-46-65-73(3,4)57-29-17-21-33-61(57)80(65)10)71(52)76-49-24-12-15-38-68(83)77-54-41-43-55(44-42-54)78-69(84)47-50-81-62-34-22-18-30-58(62)74(5,6)66(81)36-13-11-14-37-67-75(7,8)59-31-19-23-35-63(59)82(67)51-48-70(85)86/h11,13-14,16-23,28-37,39-40,45-46,54-55H,12,15,24-27,38,41-44,47-51H2,1-10H3,(H2-,77,78,83,84,85,86)/p+2/b52-39+,64-45+/t54-,55-. The van der Waals surface area contributed by atoms with Crippen LogP contribution in [-0.4, -0.2) is 89.3 Å². The molecule has 4 N–H and O–H groups in total. The van der Waals surface area contributed by atoms with Crippen LogP contribution in [0.5, 0.6) is 0 Å². The maximum absolute atomic E-state index is 13.7. The van der Waals surface area contributed by atoms with Gasteiger partial charge in [-0.1, -0.05) is 137 Å². The number of likely N-dealkylation sites (N-methyl/N-ethyl adjacent to an activating group) is 1. The summed E-state index contributed by atoms with van der Waals surface area (Å²) in [6.45, 7) is 20.0. The zero-order chi connectivity index (χ0) is 61.0. The van der Waals surface area contributed by atoms with Gasteiger partial charge in [0, 0.05) is 113 Å². The summed E-state index contributed by atoms with van der Waals surface area (Å²) in [6, 6.07) is 34.5. The average Bonchev–Trinajstić information content (AvgIpc) is 1.77. The van der Waals surface area contributed by atoms with E-state index >= 15 is 0 Å². The summed E-state index contributed by atoms with van der Waals surface area (Å²) in [5.41, 5.74) is 17.9. The normalized spacial score (nSPS) is 22.2. The molecule has 0 bridgehead atoms. The first kappa shape index (κ1) is 61.3. The van der Waals surface area contributed by atoms with Crippen LogP contribution in [0.25, 0.3) is 0 Å². The lowest BCUT2D eigenvalue weighted by molar-refractivity contribution is -0.436. The topological polar surface area (TPSA) is 120 Å². The second kappa shape index (κ2) is 25.7. The van der Waals surface area contributed by atoms with E-state index in [0.717, 1.165) is 93.5 Å². The van der Waals surface area contributed by atoms with E-state index in [4.69, 9.17) is 0 Å². The van der Waals surface area contributed by atoms with E-state index in [1.165, 1.54) is 61.9 Å². The van der Waals surface area contributed by atoms with Gasteiger partial charge in [0.25, 0.3) is 0 Å².